The number of sulfonamides is 1. The van der Waals surface area contributed by atoms with Crippen LogP contribution in [0.5, 0.6) is 0 Å². The van der Waals surface area contributed by atoms with Crippen molar-refractivity contribution in [3.8, 4) is 30.3 Å². The van der Waals surface area contributed by atoms with Gasteiger partial charge in [-0.2, -0.15) is 5.26 Å². The Balaban J connectivity index is 2.02. The van der Waals surface area contributed by atoms with E-state index in [1.807, 2.05) is 6.92 Å². The van der Waals surface area contributed by atoms with Crippen LogP contribution in [0.15, 0.2) is 77.7 Å². The van der Waals surface area contributed by atoms with Gasteiger partial charge in [0, 0.05) is 11.1 Å². The van der Waals surface area contributed by atoms with Gasteiger partial charge in [0.15, 0.2) is 0 Å². The Morgan fingerprint density at radius 1 is 0.933 bits per heavy atom. The zero-order valence-electron chi connectivity index (χ0n) is 16.3. The third-order valence-electron chi connectivity index (χ3n) is 4.41. The minimum absolute atomic E-state index is 0.0745. The maximum Gasteiger partial charge on any atom is 0.265 e. The SMILES string of the molecule is C#Cc1ccccc1N(CC#Cc1ccc(C#N)cc1)S(=O)(=O)c1ccc(C)cc1. The molecule has 3 rings (SSSR count). The fourth-order valence-corrected chi connectivity index (χ4v) is 4.18. The third kappa shape index (κ3) is 4.53. The number of rotatable bonds is 4. The van der Waals surface area contributed by atoms with Gasteiger partial charge in [0.25, 0.3) is 10.0 Å². The van der Waals surface area contributed by atoms with Crippen LogP contribution in [-0.4, -0.2) is 15.0 Å². The monoisotopic (exact) mass is 410 g/mol. The highest BCUT2D eigenvalue weighted by molar-refractivity contribution is 7.92. The smallest absolute Gasteiger partial charge is 0.253 e. The Kier molecular flexibility index (Phi) is 6.23. The van der Waals surface area contributed by atoms with Crippen LogP contribution in [-0.2, 0) is 10.0 Å². The van der Waals surface area contributed by atoms with E-state index in [2.05, 4.69) is 23.8 Å². The van der Waals surface area contributed by atoms with E-state index >= 15 is 0 Å². The van der Waals surface area contributed by atoms with Crippen molar-refractivity contribution in [1.29, 1.82) is 5.26 Å². The molecule has 0 amide bonds. The first kappa shape index (κ1) is 20.7. The van der Waals surface area contributed by atoms with Crippen LogP contribution < -0.4 is 4.31 Å². The average Bonchev–Trinajstić information content (AvgIpc) is 2.77. The zero-order chi connectivity index (χ0) is 21.6. The van der Waals surface area contributed by atoms with E-state index in [0.29, 0.717) is 22.4 Å². The Bertz CT molecular complexity index is 1300. The van der Waals surface area contributed by atoms with Crippen molar-refractivity contribution in [2.45, 2.75) is 11.8 Å². The van der Waals surface area contributed by atoms with Gasteiger partial charge in [0.1, 0.15) is 0 Å². The first-order chi connectivity index (χ1) is 14.5. The van der Waals surface area contributed by atoms with E-state index in [1.165, 1.54) is 4.31 Å². The van der Waals surface area contributed by atoms with Crippen molar-refractivity contribution in [1.82, 2.24) is 0 Å². The van der Waals surface area contributed by atoms with Gasteiger partial charge in [0.05, 0.1) is 28.8 Å². The second kappa shape index (κ2) is 9.01. The molecule has 0 atom stereocenters. The average molecular weight is 410 g/mol. The van der Waals surface area contributed by atoms with Crippen LogP contribution >= 0.6 is 0 Å². The van der Waals surface area contributed by atoms with Crippen molar-refractivity contribution < 1.29 is 8.42 Å². The van der Waals surface area contributed by atoms with Crippen LogP contribution in [0.4, 0.5) is 5.69 Å². The van der Waals surface area contributed by atoms with E-state index < -0.39 is 10.0 Å². The highest BCUT2D eigenvalue weighted by atomic mass is 32.2. The van der Waals surface area contributed by atoms with Gasteiger partial charge in [-0.05, 0) is 55.5 Å². The minimum Gasteiger partial charge on any atom is -0.253 e. The van der Waals surface area contributed by atoms with Crippen LogP contribution in [0.2, 0.25) is 0 Å². The molecule has 0 unspecified atom stereocenters. The van der Waals surface area contributed by atoms with Gasteiger partial charge in [0.2, 0.25) is 0 Å². The summed E-state index contributed by atoms with van der Waals surface area (Å²) in [6, 6.07) is 22.3. The largest absolute Gasteiger partial charge is 0.265 e. The molecule has 0 saturated carbocycles. The summed E-state index contributed by atoms with van der Waals surface area (Å²) >= 11 is 0. The fraction of sp³-hybridized carbons (Fsp3) is 0.0800. The summed E-state index contributed by atoms with van der Waals surface area (Å²) in [6.45, 7) is 1.82. The summed E-state index contributed by atoms with van der Waals surface area (Å²) in [5, 5.41) is 8.89. The van der Waals surface area contributed by atoms with Gasteiger partial charge in [-0.15, -0.1) is 6.42 Å². The first-order valence-corrected chi connectivity index (χ1v) is 10.5. The molecule has 0 fully saturated rings. The minimum atomic E-state index is -3.88. The van der Waals surface area contributed by atoms with E-state index in [4.69, 9.17) is 11.7 Å². The van der Waals surface area contributed by atoms with E-state index in [0.717, 1.165) is 5.56 Å². The number of hydrogen-bond acceptors (Lipinski definition) is 3. The Morgan fingerprint density at radius 3 is 2.20 bits per heavy atom. The quantitative estimate of drug-likeness (QED) is 0.609. The molecule has 146 valence electrons. The summed E-state index contributed by atoms with van der Waals surface area (Å²) < 4.78 is 28.0. The molecule has 0 bridgehead atoms. The highest BCUT2D eigenvalue weighted by Gasteiger charge is 2.25. The Morgan fingerprint density at radius 2 is 1.57 bits per heavy atom. The van der Waals surface area contributed by atoms with Gasteiger partial charge in [-0.25, -0.2) is 8.42 Å². The van der Waals surface area contributed by atoms with E-state index in [1.54, 1.807) is 72.8 Å². The standard InChI is InChI=1S/C25H18N2O2S/c1-3-23-8-4-5-9-25(23)27(30(28,29)24-16-10-20(2)11-17-24)18-6-7-21-12-14-22(19-26)15-13-21/h1,4-5,8-17H,18H2,2H3. The van der Waals surface area contributed by atoms with Crippen molar-refractivity contribution in [3.05, 3.63) is 95.1 Å². The molecule has 0 saturated heterocycles. The number of nitriles is 1. The lowest BCUT2D eigenvalue weighted by Gasteiger charge is -2.23. The summed E-state index contributed by atoms with van der Waals surface area (Å²) in [6.07, 6.45) is 5.60. The van der Waals surface area contributed by atoms with Gasteiger partial charge >= 0.3 is 0 Å². The molecule has 30 heavy (non-hydrogen) atoms. The topological polar surface area (TPSA) is 61.2 Å². The highest BCUT2D eigenvalue weighted by Crippen LogP contribution is 2.26. The molecular weight excluding hydrogens is 392 g/mol. The lowest BCUT2D eigenvalue weighted by Crippen LogP contribution is -2.32. The second-order valence-corrected chi connectivity index (χ2v) is 8.34. The molecule has 0 spiro atoms. The molecule has 4 nitrogen and oxygen atoms in total. The van der Waals surface area contributed by atoms with Crippen molar-refractivity contribution in [2.75, 3.05) is 10.8 Å². The molecule has 0 aromatic heterocycles. The van der Waals surface area contributed by atoms with Crippen molar-refractivity contribution in [2.24, 2.45) is 0 Å². The molecular formula is C25H18N2O2S. The Labute approximate surface area is 177 Å². The number of terminal acetylenes is 1. The molecule has 0 aliphatic rings. The van der Waals surface area contributed by atoms with Gasteiger partial charge in [-0.1, -0.05) is 47.6 Å². The normalized spacial score (nSPS) is 10.2. The number of hydrogen-bond donors (Lipinski definition) is 0. The predicted octanol–water partition coefficient (Wildman–Crippen LogP) is 4.10. The predicted molar refractivity (Wildman–Crippen MR) is 118 cm³/mol. The third-order valence-corrected chi connectivity index (χ3v) is 6.18. The summed E-state index contributed by atoms with van der Waals surface area (Å²) in [7, 11) is -3.88. The summed E-state index contributed by atoms with van der Waals surface area (Å²) in [5.41, 5.74) is 3.05. The van der Waals surface area contributed by atoms with Crippen LogP contribution in [0, 0.1) is 42.4 Å². The first-order valence-electron chi connectivity index (χ1n) is 9.10. The van der Waals surface area contributed by atoms with Crippen molar-refractivity contribution >= 4 is 15.7 Å². The molecule has 0 radical (unpaired) electrons. The van der Waals surface area contributed by atoms with Crippen LogP contribution in [0.3, 0.4) is 0 Å². The number of benzene rings is 3. The number of nitrogens with zero attached hydrogens (tertiary/aromatic N) is 2. The Hall–Kier alpha value is -3.98. The van der Waals surface area contributed by atoms with Gasteiger partial charge in [-0.3, -0.25) is 4.31 Å². The molecule has 0 heterocycles. The molecule has 3 aromatic rings. The van der Waals surface area contributed by atoms with E-state index in [-0.39, 0.29) is 11.4 Å². The maximum absolute atomic E-state index is 13.4. The molecule has 3 aromatic carbocycles. The molecule has 5 heteroatoms. The zero-order valence-corrected chi connectivity index (χ0v) is 17.1. The second-order valence-electron chi connectivity index (χ2n) is 6.48. The van der Waals surface area contributed by atoms with Crippen molar-refractivity contribution in [3.63, 3.8) is 0 Å². The molecule has 0 aliphatic heterocycles. The number of aryl methyl sites for hydroxylation is 1. The lowest BCUT2D eigenvalue weighted by molar-refractivity contribution is 0.593. The fourth-order valence-electron chi connectivity index (χ4n) is 2.79. The lowest BCUT2D eigenvalue weighted by atomic mass is 10.1. The maximum atomic E-state index is 13.4. The van der Waals surface area contributed by atoms with E-state index in [9.17, 15) is 8.42 Å². The van der Waals surface area contributed by atoms with Crippen LogP contribution in [0.1, 0.15) is 22.3 Å². The molecule has 0 N–H and O–H groups in total. The van der Waals surface area contributed by atoms with Gasteiger partial charge < -0.3 is 0 Å². The molecule has 0 aliphatic carbocycles. The number of para-hydroxylation sites is 1. The van der Waals surface area contributed by atoms with Crippen LogP contribution in [0.25, 0.3) is 0 Å². The summed E-state index contributed by atoms with van der Waals surface area (Å²) in [4.78, 5) is 0.167. The number of anilines is 1. The summed E-state index contributed by atoms with van der Waals surface area (Å²) in [5.74, 6) is 8.42.